The third-order valence-corrected chi connectivity index (χ3v) is 4.30. The summed E-state index contributed by atoms with van der Waals surface area (Å²) in [7, 11) is 1.58. The van der Waals surface area contributed by atoms with E-state index in [1.165, 1.54) is 25.3 Å². The van der Waals surface area contributed by atoms with Crippen LogP contribution in [0.15, 0.2) is 24.4 Å². The third kappa shape index (κ3) is 2.44. The lowest BCUT2D eigenvalue weighted by atomic mass is 9.82. The third-order valence-electron chi connectivity index (χ3n) is 4.30. The molecular weight excluding hydrogens is 268 g/mol. The Morgan fingerprint density at radius 1 is 1.33 bits per heavy atom. The van der Waals surface area contributed by atoms with Gasteiger partial charge in [0.2, 0.25) is 0 Å². The second-order valence-corrected chi connectivity index (χ2v) is 5.50. The molecule has 21 heavy (non-hydrogen) atoms. The van der Waals surface area contributed by atoms with Gasteiger partial charge in [0.05, 0.1) is 18.1 Å². The first-order valence-corrected chi connectivity index (χ1v) is 7.32. The van der Waals surface area contributed by atoms with Gasteiger partial charge in [0.15, 0.2) is 0 Å². The number of benzene rings is 1. The van der Waals surface area contributed by atoms with Crippen molar-refractivity contribution in [2.45, 2.75) is 38.0 Å². The molecule has 1 fully saturated rings. The van der Waals surface area contributed by atoms with Crippen LogP contribution in [0.2, 0.25) is 0 Å². The molecule has 0 aliphatic heterocycles. The number of methoxy groups -OCH3 is 1. The highest BCUT2D eigenvalue weighted by atomic mass is 16.6. The first-order valence-electron chi connectivity index (χ1n) is 7.32. The lowest BCUT2D eigenvalue weighted by Crippen LogP contribution is -2.08. The van der Waals surface area contributed by atoms with Crippen LogP contribution in [-0.2, 0) is 0 Å². The summed E-state index contributed by atoms with van der Waals surface area (Å²) in [5, 5.41) is 12.1. The summed E-state index contributed by atoms with van der Waals surface area (Å²) in [6, 6.07) is 5.28. The van der Waals surface area contributed by atoms with Crippen molar-refractivity contribution in [3.63, 3.8) is 0 Å². The maximum absolute atomic E-state index is 11.3. The lowest BCUT2D eigenvalue weighted by Gasteiger charge is -2.25. The van der Waals surface area contributed by atoms with Crippen molar-refractivity contribution in [3.8, 4) is 5.75 Å². The maximum atomic E-state index is 11.3. The molecule has 110 valence electrons. The quantitative estimate of drug-likeness (QED) is 0.626. The Labute approximate surface area is 123 Å². The largest absolute Gasteiger partial charge is 0.496 e. The number of hydrogen-bond donors (Lipinski definition) is 0. The zero-order valence-electron chi connectivity index (χ0n) is 12.0. The van der Waals surface area contributed by atoms with E-state index in [4.69, 9.17) is 4.74 Å². The summed E-state index contributed by atoms with van der Waals surface area (Å²) < 4.78 is 5.47. The molecule has 5 heteroatoms. The van der Waals surface area contributed by atoms with E-state index in [2.05, 4.69) is 4.98 Å². The van der Waals surface area contributed by atoms with Gasteiger partial charge >= 0.3 is 0 Å². The summed E-state index contributed by atoms with van der Waals surface area (Å²) in [4.78, 5) is 15.1. The van der Waals surface area contributed by atoms with Crippen LogP contribution < -0.4 is 4.74 Å². The molecule has 0 N–H and O–H groups in total. The number of nitro benzene ring substituents is 1. The Balaban J connectivity index is 2.26. The first kappa shape index (κ1) is 13.8. The van der Waals surface area contributed by atoms with Crippen molar-refractivity contribution >= 4 is 16.6 Å². The lowest BCUT2D eigenvalue weighted by molar-refractivity contribution is -0.383. The van der Waals surface area contributed by atoms with E-state index in [-0.39, 0.29) is 10.6 Å². The Morgan fingerprint density at radius 2 is 2.10 bits per heavy atom. The van der Waals surface area contributed by atoms with Gasteiger partial charge in [-0.2, -0.15) is 0 Å². The fourth-order valence-corrected chi connectivity index (χ4v) is 3.35. The van der Waals surface area contributed by atoms with Crippen molar-refractivity contribution in [1.82, 2.24) is 4.98 Å². The summed E-state index contributed by atoms with van der Waals surface area (Å²) in [5.74, 6) is 1.02. The van der Waals surface area contributed by atoms with Gasteiger partial charge in [0.25, 0.3) is 5.69 Å². The monoisotopic (exact) mass is 286 g/mol. The molecule has 1 aromatic heterocycles. The molecule has 0 atom stereocenters. The molecule has 1 aliphatic carbocycles. The highest BCUT2D eigenvalue weighted by Gasteiger charge is 2.26. The van der Waals surface area contributed by atoms with Crippen molar-refractivity contribution in [2.24, 2.45) is 0 Å². The number of ether oxygens (including phenoxy) is 1. The fourth-order valence-electron chi connectivity index (χ4n) is 3.35. The van der Waals surface area contributed by atoms with Crippen LogP contribution in [-0.4, -0.2) is 17.0 Å². The van der Waals surface area contributed by atoms with Crippen LogP contribution in [0.25, 0.3) is 10.9 Å². The second-order valence-electron chi connectivity index (χ2n) is 5.50. The smallest absolute Gasteiger partial charge is 0.299 e. The van der Waals surface area contributed by atoms with Gasteiger partial charge in [-0.15, -0.1) is 0 Å². The average Bonchev–Trinajstić information content (AvgIpc) is 2.53. The molecule has 0 unspecified atom stereocenters. The number of non-ortho nitro benzene ring substituents is 1. The molecule has 1 aliphatic rings. The van der Waals surface area contributed by atoms with Crippen LogP contribution in [0.1, 0.15) is 43.6 Å². The van der Waals surface area contributed by atoms with Gasteiger partial charge in [0.1, 0.15) is 11.3 Å². The molecular formula is C16H18N2O3. The number of pyridine rings is 1. The van der Waals surface area contributed by atoms with Gasteiger partial charge in [-0.1, -0.05) is 25.3 Å². The summed E-state index contributed by atoms with van der Waals surface area (Å²) in [6.45, 7) is 0. The molecule has 3 rings (SSSR count). The van der Waals surface area contributed by atoms with Crippen molar-refractivity contribution < 1.29 is 9.66 Å². The molecule has 0 saturated heterocycles. The van der Waals surface area contributed by atoms with Crippen LogP contribution in [0.5, 0.6) is 5.75 Å². The van der Waals surface area contributed by atoms with Gasteiger partial charge < -0.3 is 4.74 Å². The van der Waals surface area contributed by atoms with E-state index in [9.17, 15) is 10.1 Å². The standard InChI is InChI=1S/C16H18N2O3/c1-21-14-10-13(18(19)20)16-12(8-5-9-17-16)15(14)11-6-3-2-4-7-11/h5,8-11H,2-4,6-7H2,1H3. The highest BCUT2D eigenvalue weighted by Crippen LogP contribution is 2.43. The fraction of sp³-hybridized carbons (Fsp3) is 0.438. The molecule has 1 aromatic carbocycles. The molecule has 5 nitrogen and oxygen atoms in total. The highest BCUT2D eigenvalue weighted by molar-refractivity contribution is 5.92. The summed E-state index contributed by atoms with van der Waals surface area (Å²) in [5.41, 5.74) is 1.57. The first-order chi connectivity index (χ1) is 10.2. The molecule has 0 spiro atoms. The van der Waals surface area contributed by atoms with Crippen LogP contribution in [0, 0.1) is 10.1 Å². The van der Waals surface area contributed by atoms with E-state index >= 15 is 0 Å². The molecule has 2 aromatic rings. The Bertz CT molecular complexity index is 679. The number of aromatic nitrogens is 1. The van der Waals surface area contributed by atoms with Crippen LogP contribution >= 0.6 is 0 Å². The predicted molar refractivity (Wildman–Crippen MR) is 80.8 cm³/mol. The van der Waals surface area contributed by atoms with Crippen LogP contribution in [0.4, 0.5) is 5.69 Å². The van der Waals surface area contributed by atoms with Gasteiger partial charge in [-0.25, -0.2) is 4.98 Å². The Kier molecular flexibility index (Phi) is 3.73. The zero-order valence-corrected chi connectivity index (χ0v) is 12.0. The van der Waals surface area contributed by atoms with E-state index in [0.717, 1.165) is 23.8 Å². The minimum Gasteiger partial charge on any atom is -0.496 e. The van der Waals surface area contributed by atoms with Gasteiger partial charge in [0, 0.05) is 17.1 Å². The minimum absolute atomic E-state index is 0.0157. The van der Waals surface area contributed by atoms with Crippen molar-refractivity contribution in [1.29, 1.82) is 0 Å². The van der Waals surface area contributed by atoms with Gasteiger partial charge in [-0.05, 0) is 24.8 Å². The Hall–Kier alpha value is -2.17. The normalized spacial score (nSPS) is 16.0. The molecule has 0 radical (unpaired) electrons. The molecule has 0 bridgehead atoms. The number of fused-ring (bicyclic) bond motifs is 1. The average molecular weight is 286 g/mol. The van der Waals surface area contributed by atoms with E-state index < -0.39 is 0 Å². The minimum atomic E-state index is -0.386. The molecule has 1 heterocycles. The Morgan fingerprint density at radius 3 is 2.76 bits per heavy atom. The maximum Gasteiger partial charge on any atom is 0.299 e. The number of nitro groups is 1. The van der Waals surface area contributed by atoms with Crippen LogP contribution in [0.3, 0.4) is 0 Å². The summed E-state index contributed by atoms with van der Waals surface area (Å²) >= 11 is 0. The van der Waals surface area contributed by atoms with E-state index in [0.29, 0.717) is 17.2 Å². The number of rotatable bonds is 3. The second kappa shape index (κ2) is 5.68. The van der Waals surface area contributed by atoms with E-state index in [1.807, 2.05) is 12.1 Å². The SMILES string of the molecule is COc1cc([N+](=O)[O-])c2ncccc2c1C1CCCCC1. The van der Waals surface area contributed by atoms with Gasteiger partial charge in [-0.3, -0.25) is 10.1 Å². The summed E-state index contributed by atoms with van der Waals surface area (Å²) in [6.07, 6.45) is 7.49. The van der Waals surface area contributed by atoms with Crippen molar-refractivity contribution in [3.05, 3.63) is 40.1 Å². The van der Waals surface area contributed by atoms with E-state index in [1.54, 1.807) is 13.3 Å². The number of hydrogen-bond acceptors (Lipinski definition) is 4. The molecule has 0 amide bonds. The zero-order chi connectivity index (χ0) is 14.8. The predicted octanol–water partition coefficient (Wildman–Crippen LogP) is 4.20. The van der Waals surface area contributed by atoms with Crippen molar-refractivity contribution in [2.75, 3.05) is 7.11 Å². The topological polar surface area (TPSA) is 65.3 Å². The molecule has 1 saturated carbocycles. The number of nitrogens with zero attached hydrogens (tertiary/aromatic N) is 2.